The molecule has 0 bridgehead atoms. The number of ether oxygens (including phenoxy) is 2. The molecule has 2 atom stereocenters. The van der Waals surface area contributed by atoms with Crippen molar-refractivity contribution in [3.05, 3.63) is 30.1 Å². The van der Waals surface area contributed by atoms with Crippen LogP contribution in [0.25, 0.3) is 0 Å². The largest absolute Gasteiger partial charge is 0.485 e. The summed E-state index contributed by atoms with van der Waals surface area (Å²) >= 11 is 1.30. The molecule has 2 aliphatic heterocycles. The molecule has 0 radical (unpaired) electrons. The fourth-order valence-electron chi connectivity index (χ4n) is 3.95. The zero-order chi connectivity index (χ0) is 22.7. The number of hydrogen-bond donors (Lipinski definition) is 0. The lowest BCUT2D eigenvalue weighted by Crippen LogP contribution is -2.42. The Labute approximate surface area is 192 Å². The summed E-state index contributed by atoms with van der Waals surface area (Å²) < 4.78 is 37.4. The average molecular weight is 481 g/mol. The molecule has 2 aliphatic rings. The molecule has 2 aromatic rings. The lowest BCUT2D eigenvalue weighted by Gasteiger charge is -2.28. The van der Waals surface area contributed by atoms with Gasteiger partial charge in [0.2, 0.25) is 5.91 Å². The molecule has 11 heteroatoms. The van der Waals surface area contributed by atoms with Crippen LogP contribution in [0.15, 0.2) is 29.4 Å². The van der Waals surface area contributed by atoms with Gasteiger partial charge in [0, 0.05) is 19.6 Å². The molecule has 0 spiro atoms. The molecular weight excluding hydrogens is 452 g/mol. The fourth-order valence-corrected chi connectivity index (χ4v) is 6.48. The van der Waals surface area contributed by atoms with E-state index in [1.807, 2.05) is 35.9 Å². The van der Waals surface area contributed by atoms with Crippen LogP contribution in [0.3, 0.4) is 0 Å². The molecule has 3 heterocycles. The van der Waals surface area contributed by atoms with Gasteiger partial charge in [0.15, 0.2) is 38.4 Å². The third-order valence-electron chi connectivity index (χ3n) is 5.71. The van der Waals surface area contributed by atoms with Gasteiger partial charge in [0.1, 0.15) is 6.61 Å². The van der Waals surface area contributed by atoms with E-state index in [-0.39, 0.29) is 29.2 Å². The van der Waals surface area contributed by atoms with Gasteiger partial charge >= 0.3 is 0 Å². The van der Waals surface area contributed by atoms with Crippen molar-refractivity contribution in [3.8, 4) is 11.5 Å². The van der Waals surface area contributed by atoms with Crippen molar-refractivity contribution in [1.82, 2.24) is 19.7 Å². The Hall–Kier alpha value is -2.27. The van der Waals surface area contributed by atoms with Crippen LogP contribution in [0.2, 0.25) is 0 Å². The fraction of sp³-hybridized carbons (Fsp3) is 0.571. The van der Waals surface area contributed by atoms with Gasteiger partial charge in [-0.15, -0.1) is 10.2 Å². The highest BCUT2D eigenvalue weighted by Gasteiger charge is 2.34. The molecule has 1 aromatic carbocycles. The van der Waals surface area contributed by atoms with Crippen molar-refractivity contribution in [2.75, 3.05) is 30.4 Å². The first-order valence-corrected chi connectivity index (χ1v) is 13.6. The van der Waals surface area contributed by atoms with Gasteiger partial charge in [-0.3, -0.25) is 4.79 Å². The SMILES string of the molecule is CCCCN(C(=O)CSc1nnc(C2COc3ccccc3O2)n1C)C1CCS(=O)(=O)C1. The maximum atomic E-state index is 13.0. The van der Waals surface area contributed by atoms with Gasteiger partial charge in [-0.25, -0.2) is 8.42 Å². The smallest absolute Gasteiger partial charge is 0.233 e. The van der Waals surface area contributed by atoms with E-state index >= 15 is 0 Å². The molecule has 0 saturated carbocycles. The molecule has 1 amide bonds. The van der Waals surface area contributed by atoms with Crippen LogP contribution in [-0.2, 0) is 21.7 Å². The third kappa shape index (κ3) is 5.03. The monoisotopic (exact) mass is 480 g/mol. The molecule has 4 rings (SSSR count). The Morgan fingerprint density at radius 2 is 2.06 bits per heavy atom. The van der Waals surface area contributed by atoms with Crippen molar-refractivity contribution < 1.29 is 22.7 Å². The van der Waals surface area contributed by atoms with Gasteiger partial charge in [0.05, 0.1) is 17.3 Å². The van der Waals surface area contributed by atoms with E-state index in [4.69, 9.17) is 9.47 Å². The zero-order valence-corrected chi connectivity index (χ0v) is 19.9. The quantitative estimate of drug-likeness (QED) is 0.530. The molecule has 9 nitrogen and oxygen atoms in total. The number of sulfone groups is 1. The summed E-state index contributed by atoms with van der Waals surface area (Å²) in [5.74, 6) is 2.31. The number of nitrogens with zero attached hydrogens (tertiary/aromatic N) is 4. The second kappa shape index (κ2) is 9.70. The third-order valence-corrected chi connectivity index (χ3v) is 8.47. The normalized spacial score (nSPS) is 21.4. The van der Waals surface area contributed by atoms with E-state index in [9.17, 15) is 13.2 Å². The molecule has 174 valence electrons. The number of aromatic nitrogens is 3. The van der Waals surface area contributed by atoms with Crippen LogP contribution < -0.4 is 9.47 Å². The molecule has 1 fully saturated rings. The first-order valence-electron chi connectivity index (χ1n) is 10.8. The van der Waals surface area contributed by atoms with Crippen molar-refractivity contribution >= 4 is 27.5 Å². The minimum atomic E-state index is -3.06. The Bertz CT molecular complexity index is 1070. The maximum absolute atomic E-state index is 13.0. The second-order valence-electron chi connectivity index (χ2n) is 8.05. The van der Waals surface area contributed by atoms with Gasteiger partial charge in [-0.2, -0.15) is 0 Å². The molecule has 0 aliphatic carbocycles. The highest BCUT2D eigenvalue weighted by Crippen LogP contribution is 2.35. The topological polar surface area (TPSA) is 104 Å². The Morgan fingerprint density at radius 3 is 2.78 bits per heavy atom. The standard InChI is InChI=1S/C21H28N4O5S2/c1-3-4-10-25(15-9-11-32(27,28)14-15)19(26)13-31-21-23-22-20(24(21)2)18-12-29-16-7-5-6-8-17(16)30-18/h5-8,15,18H,3-4,9-14H2,1-2H3. The molecular formula is C21H28N4O5S2. The van der Waals surface area contributed by atoms with Gasteiger partial charge in [0.25, 0.3) is 0 Å². The number of para-hydroxylation sites is 2. The minimum Gasteiger partial charge on any atom is -0.485 e. The second-order valence-corrected chi connectivity index (χ2v) is 11.2. The van der Waals surface area contributed by atoms with Gasteiger partial charge in [-0.1, -0.05) is 37.2 Å². The number of benzene rings is 1. The molecule has 32 heavy (non-hydrogen) atoms. The van der Waals surface area contributed by atoms with E-state index in [0.717, 1.165) is 12.8 Å². The van der Waals surface area contributed by atoms with Crippen molar-refractivity contribution in [2.45, 2.75) is 43.5 Å². The van der Waals surface area contributed by atoms with Crippen LogP contribution in [0.5, 0.6) is 11.5 Å². The number of amides is 1. The maximum Gasteiger partial charge on any atom is 0.233 e. The summed E-state index contributed by atoms with van der Waals surface area (Å²) in [4.78, 5) is 14.7. The number of hydrogen-bond acceptors (Lipinski definition) is 8. The number of carbonyl (C=O) groups is 1. The molecule has 0 N–H and O–H groups in total. The lowest BCUT2D eigenvalue weighted by molar-refractivity contribution is -0.130. The van der Waals surface area contributed by atoms with Gasteiger partial charge in [-0.05, 0) is 25.0 Å². The Morgan fingerprint density at radius 1 is 1.28 bits per heavy atom. The number of carbonyl (C=O) groups excluding carboxylic acids is 1. The van der Waals surface area contributed by atoms with Crippen LogP contribution in [0.4, 0.5) is 0 Å². The van der Waals surface area contributed by atoms with Crippen LogP contribution in [0, 0.1) is 0 Å². The summed E-state index contributed by atoms with van der Waals surface area (Å²) in [6.45, 7) is 2.96. The zero-order valence-electron chi connectivity index (χ0n) is 18.3. The first-order chi connectivity index (χ1) is 15.4. The highest BCUT2D eigenvalue weighted by atomic mass is 32.2. The van der Waals surface area contributed by atoms with E-state index in [2.05, 4.69) is 17.1 Å². The van der Waals surface area contributed by atoms with E-state index in [1.165, 1.54) is 11.8 Å². The van der Waals surface area contributed by atoms with E-state index < -0.39 is 15.9 Å². The summed E-state index contributed by atoms with van der Waals surface area (Å²) in [7, 11) is -1.22. The van der Waals surface area contributed by atoms with Gasteiger partial charge < -0.3 is 18.9 Å². The highest BCUT2D eigenvalue weighted by molar-refractivity contribution is 7.99. The summed E-state index contributed by atoms with van der Waals surface area (Å²) in [6, 6.07) is 7.24. The Kier molecular flexibility index (Phi) is 6.94. The van der Waals surface area contributed by atoms with Crippen LogP contribution in [-0.4, -0.2) is 70.4 Å². The average Bonchev–Trinajstić information content (AvgIpc) is 3.33. The number of unbranched alkanes of at least 4 members (excludes halogenated alkanes) is 1. The number of fused-ring (bicyclic) bond motifs is 1. The van der Waals surface area contributed by atoms with Crippen LogP contribution >= 0.6 is 11.8 Å². The van der Waals surface area contributed by atoms with Crippen molar-refractivity contribution in [2.24, 2.45) is 7.05 Å². The number of rotatable bonds is 8. The molecule has 2 unspecified atom stereocenters. The summed E-state index contributed by atoms with van der Waals surface area (Å²) in [5.41, 5.74) is 0. The lowest BCUT2D eigenvalue weighted by atomic mass is 10.2. The van der Waals surface area contributed by atoms with Crippen LogP contribution in [0.1, 0.15) is 38.1 Å². The molecule has 1 saturated heterocycles. The molecule has 1 aromatic heterocycles. The predicted octanol–water partition coefficient (Wildman–Crippen LogP) is 2.24. The summed E-state index contributed by atoms with van der Waals surface area (Å²) in [6.07, 6.45) is 1.91. The van der Waals surface area contributed by atoms with Crippen molar-refractivity contribution in [3.63, 3.8) is 0 Å². The van der Waals surface area contributed by atoms with E-state index in [1.54, 1.807) is 4.90 Å². The first kappa shape index (κ1) is 22.9. The van der Waals surface area contributed by atoms with E-state index in [0.29, 0.717) is 42.1 Å². The summed E-state index contributed by atoms with van der Waals surface area (Å²) in [5, 5.41) is 9.10. The minimum absolute atomic E-state index is 0.0573. The Balaban J connectivity index is 1.40. The van der Waals surface area contributed by atoms with Crippen molar-refractivity contribution in [1.29, 1.82) is 0 Å². The number of thioether (sulfide) groups is 1. The predicted molar refractivity (Wildman–Crippen MR) is 121 cm³/mol.